The Morgan fingerprint density at radius 3 is 1.91 bits per heavy atom. The molecule has 0 heterocycles. The molecule has 11 heteroatoms. The molecule has 2 amide bonds. The Morgan fingerprint density at radius 1 is 0.941 bits per heavy atom. The Hall–Kier alpha value is -2.43. The molecule has 2 unspecified atom stereocenters. The van der Waals surface area contributed by atoms with E-state index in [1.807, 2.05) is 48.5 Å². The maximum absolute atomic E-state index is 12.9. The topological polar surface area (TPSA) is 129 Å². The molecule has 1 aliphatic carbocycles. The maximum atomic E-state index is 12.9. The van der Waals surface area contributed by atoms with Crippen LogP contribution in [0.4, 0.5) is 0 Å². The van der Waals surface area contributed by atoms with E-state index in [4.69, 9.17) is 9.57 Å². The molecule has 1 fully saturated rings. The van der Waals surface area contributed by atoms with Crippen molar-refractivity contribution in [2.24, 2.45) is 17.8 Å². The highest BCUT2D eigenvalue weighted by atomic mass is 16.7. The first-order chi connectivity index (χ1) is 15.7. The molecule has 196 valence electrons. The van der Waals surface area contributed by atoms with Crippen LogP contribution in [0.3, 0.4) is 0 Å². The molecule has 0 bridgehead atoms. The van der Waals surface area contributed by atoms with Gasteiger partial charge in [-0.2, -0.15) is 0 Å². The zero-order valence-electron chi connectivity index (χ0n) is 22.1. The van der Waals surface area contributed by atoms with Gasteiger partial charge in [0, 0.05) is 11.5 Å². The lowest BCUT2D eigenvalue weighted by Crippen LogP contribution is -2.56. The Kier molecular flexibility index (Phi) is 11.2. The van der Waals surface area contributed by atoms with Crippen LogP contribution in [0.5, 0.6) is 0 Å². The summed E-state index contributed by atoms with van der Waals surface area (Å²) >= 11 is 0. The van der Waals surface area contributed by atoms with Crippen LogP contribution in [-0.2, 0) is 24.0 Å². The lowest BCUT2D eigenvalue weighted by atomic mass is 9.86. The van der Waals surface area contributed by atoms with Crippen LogP contribution in [0, 0.1) is 22.7 Å². The van der Waals surface area contributed by atoms with Gasteiger partial charge in [-0.15, -0.1) is 5.01 Å². The van der Waals surface area contributed by atoms with Crippen molar-refractivity contribution in [3.8, 4) is 0 Å². The predicted octanol–water partition coefficient (Wildman–Crippen LogP) is 1.86. The smallest absolute Gasteiger partial charge is 0.328 e. The number of hydrogen-bond acceptors (Lipinski definition) is 6. The molecule has 1 aliphatic rings. The number of methoxy groups -OCH3 is 1. The van der Waals surface area contributed by atoms with E-state index >= 15 is 0 Å². The third kappa shape index (κ3) is 8.73. The average molecular weight is 487 g/mol. The van der Waals surface area contributed by atoms with Gasteiger partial charge in [0.15, 0.2) is 0 Å². The molecule has 0 aromatic carbocycles. The van der Waals surface area contributed by atoms with E-state index in [2.05, 4.69) is 16.2 Å². The van der Waals surface area contributed by atoms with Crippen molar-refractivity contribution in [2.75, 3.05) is 14.2 Å². The number of nitroso groups, excluding NO2 is 1. The Labute approximate surface area is 203 Å². The highest BCUT2D eigenvalue weighted by Crippen LogP contribution is 2.26. The van der Waals surface area contributed by atoms with Crippen molar-refractivity contribution in [2.45, 2.75) is 97.9 Å². The lowest BCUT2D eigenvalue weighted by Gasteiger charge is -2.30. The zero-order valence-corrected chi connectivity index (χ0v) is 22.1. The standard InChI is InChI=1S/C23H43N5O6/c1-14(2)18(21(30)25-19(15(3)4)22(31)33-9)24-20(29)16-10-12-17(13-11-16)34-26-28(32)27(8)23(5,6)7/h14-19H,10-13H2,1-9H3,(H2-,24,25,26,29,30,32)/p+1. The molecule has 3 N–H and O–H groups in total. The van der Waals surface area contributed by atoms with Gasteiger partial charge in [0.05, 0.1) is 30.7 Å². The normalized spacial score (nSPS) is 20.3. The van der Waals surface area contributed by atoms with Crippen molar-refractivity contribution in [1.29, 1.82) is 0 Å². The molecule has 0 spiro atoms. The first kappa shape index (κ1) is 29.6. The van der Waals surface area contributed by atoms with E-state index in [0.29, 0.717) is 30.7 Å². The average Bonchev–Trinajstić information content (AvgIpc) is 2.77. The van der Waals surface area contributed by atoms with E-state index in [0.717, 1.165) is 0 Å². The number of ether oxygens (including phenoxy) is 1. The van der Waals surface area contributed by atoms with Crippen molar-refractivity contribution in [1.82, 2.24) is 21.2 Å². The summed E-state index contributed by atoms with van der Waals surface area (Å²) in [6.45, 7) is 13.0. The minimum Gasteiger partial charge on any atom is -0.467 e. The van der Waals surface area contributed by atoms with E-state index in [1.54, 1.807) is 7.05 Å². The second-order valence-corrected chi connectivity index (χ2v) is 10.6. The van der Waals surface area contributed by atoms with Gasteiger partial charge < -0.3 is 15.4 Å². The van der Waals surface area contributed by atoms with Crippen LogP contribution in [0.25, 0.3) is 0 Å². The quantitative estimate of drug-likeness (QED) is 0.229. The number of hydrogen-bond donors (Lipinski definition) is 3. The van der Waals surface area contributed by atoms with Crippen molar-refractivity contribution in [3.63, 3.8) is 0 Å². The molecule has 1 rings (SSSR count). The first-order valence-electron chi connectivity index (χ1n) is 12.0. The Bertz CT molecular complexity index is 713. The SMILES string of the molecule is COC(=O)C(NC(=O)C(NC(=O)C1CCC(ON[N+](=O)N(C)C(C)(C)C)CC1)C(C)C)C(C)C. The van der Waals surface area contributed by atoms with Crippen molar-refractivity contribution < 1.29 is 28.9 Å². The number of carbonyl (C=O) groups excluding carboxylic acids is 3. The number of esters is 1. The second-order valence-electron chi connectivity index (χ2n) is 10.6. The maximum Gasteiger partial charge on any atom is 0.328 e. The first-order valence-corrected chi connectivity index (χ1v) is 12.0. The van der Waals surface area contributed by atoms with E-state index < -0.39 is 24.0 Å². The number of carbonyl (C=O) groups is 3. The highest BCUT2D eigenvalue weighted by Gasteiger charge is 2.35. The highest BCUT2D eigenvalue weighted by molar-refractivity contribution is 5.91. The minimum absolute atomic E-state index is 0.156. The lowest BCUT2D eigenvalue weighted by molar-refractivity contribution is -0.797. The summed E-state index contributed by atoms with van der Waals surface area (Å²) in [7, 11) is 2.94. The van der Waals surface area contributed by atoms with E-state index in [1.165, 1.54) is 12.1 Å². The van der Waals surface area contributed by atoms with Crippen LogP contribution in [-0.4, -0.2) is 65.7 Å². The van der Waals surface area contributed by atoms with Crippen LogP contribution in [0.15, 0.2) is 0 Å². The Morgan fingerprint density at radius 2 is 1.47 bits per heavy atom. The van der Waals surface area contributed by atoms with Crippen molar-refractivity contribution in [3.05, 3.63) is 4.91 Å². The summed E-state index contributed by atoms with van der Waals surface area (Å²) in [5.74, 6) is -1.70. The molecular weight excluding hydrogens is 442 g/mol. The van der Waals surface area contributed by atoms with Gasteiger partial charge in [-0.1, -0.05) is 27.7 Å². The number of hydrazine groups is 2. The zero-order chi connectivity index (χ0) is 26.2. The molecule has 0 radical (unpaired) electrons. The van der Waals surface area contributed by atoms with Gasteiger partial charge in [0.1, 0.15) is 12.1 Å². The molecule has 2 atom stereocenters. The fourth-order valence-corrected chi connectivity index (χ4v) is 3.57. The molecule has 34 heavy (non-hydrogen) atoms. The molecule has 11 nitrogen and oxygen atoms in total. The molecule has 0 aliphatic heterocycles. The minimum atomic E-state index is -0.784. The summed E-state index contributed by atoms with van der Waals surface area (Å²) in [5, 5.41) is 7.05. The van der Waals surface area contributed by atoms with Crippen LogP contribution >= 0.6 is 0 Å². The summed E-state index contributed by atoms with van der Waals surface area (Å²) in [4.78, 5) is 56.0. The molecule has 1 saturated carbocycles. The van der Waals surface area contributed by atoms with Gasteiger partial charge in [-0.25, -0.2) is 9.63 Å². The molecule has 0 aromatic heterocycles. The number of amides is 2. The van der Waals surface area contributed by atoms with Crippen LogP contribution in [0.2, 0.25) is 0 Å². The predicted molar refractivity (Wildman–Crippen MR) is 127 cm³/mol. The third-order valence-corrected chi connectivity index (χ3v) is 6.25. The number of rotatable bonds is 11. The van der Waals surface area contributed by atoms with Crippen LogP contribution in [0.1, 0.15) is 74.1 Å². The van der Waals surface area contributed by atoms with Gasteiger partial charge in [-0.05, 0) is 58.3 Å². The Balaban J connectivity index is 2.61. The monoisotopic (exact) mass is 486 g/mol. The van der Waals surface area contributed by atoms with Gasteiger partial charge in [-0.3, -0.25) is 9.59 Å². The van der Waals surface area contributed by atoms with Gasteiger partial charge in [0.25, 0.3) is 4.98 Å². The fourth-order valence-electron chi connectivity index (χ4n) is 3.57. The van der Waals surface area contributed by atoms with E-state index in [-0.39, 0.29) is 35.3 Å². The fraction of sp³-hybridized carbons (Fsp3) is 0.870. The van der Waals surface area contributed by atoms with E-state index in [9.17, 15) is 19.3 Å². The van der Waals surface area contributed by atoms with Gasteiger partial charge >= 0.3 is 5.97 Å². The molecule has 0 saturated heterocycles. The summed E-state index contributed by atoms with van der Waals surface area (Å²) < 4.78 is 4.78. The summed E-state index contributed by atoms with van der Waals surface area (Å²) in [6.07, 6.45) is 2.18. The number of nitrogens with one attached hydrogen (secondary N) is 3. The number of nitrogens with zero attached hydrogens (tertiary/aromatic N) is 2. The third-order valence-electron chi connectivity index (χ3n) is 6.25. The summed E-state index contributed by atoms with van der Waals surface area (Å²) in [5.41, 5.74) is 2.06. The van der Waals surface area contributed by atoms with Crippen molar-refractivity contribution >= 4 is 17.8 Å². The largest absolute Gasteiger partial charge is 0.467 e. The molecular formula is C23H44N5O6+. The molecule has 0 aromatic rings. The van der Waals surface area contributed by atoms with Gasteiger partial charge in [0.2, 0.25) is 11.8 Å². The summed E-state index contributed by atoms with van der Waals surface area (Å²) in [6, 6.07) is -1.55. The van der Waals surface area contributed by atoms with Crippen LogP contribution < -0.4 is 16.2 Å². The second kappa shape index (κ2) is 12.9.